The first kappa shape index (κ1) is 8.39. The summed E-state index contributed by atoms with van der Waals surface area (Å²) >= 11 is 0. The first-order chi connectivity index (χ1) is 5.83. The fourth-order valence-corrected chi connectivity index (χ4v) is 0.629. The lowest BCUT2D eigenvalue weighted by molar-refractivity contribution is -0.134. The minimum absolute atomic E-state index is 0.390. The highest BCUT2D eigenvalue weighted by Crippen LogP contribution is 1.95. The molecule has 1 aromatic rings. The van der Waals surface area contributed by atoms with Crippen LogP contribution >= 0.6 is 0 Å². The van der Waals surface area contributed by atoms with E-state index in [1.54, 1.807) is 18.5 Å². The van der Waals surface area contributed by atoms with Crippen LogP contribution in [0, 0.1) is 0 Å². The lowest BCUT2D eigenvalue weighted by atomic mass is 10.3. The third kappa shape index (κ3) is 2.49. The second-order valence-electron chi connectivity index (χ2n) is 2.03. The molecule has 4 heteroatoms. The molecule has 0 radical (unpaired) electrons. The Bertz CT molecular complexity index is 282. The van der Waals surface area contributed by atoms with Crippen LogP contribution < -0.4 is 0 Å². The smallest absolute Gasteiger partial charge is 0.330 e. The van der Waals surface area contributed by atoms with Gasteiger partial charge in [0.05, 0.1) is 7.11 Å². The van der Waals surface area contributed by atoms with Gasteiger partial charge in [-0.15, -0.1) is 0 Å². The zero-order valence-electron chi connectivity index (χ0n) is 6.60. The van der Waals surface area contributed by atoms with Gasteiger partial charge in [-0.25, -0.2) is 14.8 Å². The lowest BCUT2D eigenvalue weighted by Gasteiger charge is -1.90. The van der Waals surface area contributed by atoms with Gasteiger partial charge < -0.3 is 4.74 Å². The number of carbonyl (C=O) groups excluding carboxylic acids is 1. The Labute approximate surface area is 69.9 Å². The molecule has 0 N–H and O–H groups in total. The van der Waals surface area contributed by atoms with Gasteiger partial charge in [-0.2, -0.15) is 0 Å². The number of hydrogen-bond donors (Lipinski definition) is 0. The van der Waals surface area contributed by atoms with Crippen molar-refractivity contribution >= 4 is 12.0 Å². The summed E-state index contributed by atoms with van der Waals surface area (Å²) in [7, 11) is 1.33. The Morgan fingerprint density at radius 2 is 2.17 bits per heavy atom. The van der Waals surface area contributed by atoms with Crippen LogP contribution in [-0.4, -0.2) is 23.0 Å². The third-order valence-electron chi connectivity index (χ3n) is 1.19. The highest BCUT2D eigenvalue weighted by atomic mass is 16.5. The van der Waals surface area contributed by atoms with E-state index in [0.717, 1.165) is 5.56 Å². The van der Waals surface area contributed by atoms with Gasteiger partial charge in [-0.1, -0.05) is 0 Å². The van der Waals surface area contributed by atoms with Crippen LogP contribution in [0.3, 0.4) is 0 Å². The summed E-state index contributed by atoms with van der Waals surface area (Å²) in [4.78, 5) is 18.2. The molecule has 0 fully saturated rings. The molecule has 0 aliphatic carbocycles. The fraction of sp³-hybridized carbons (Fsp3) is 0.125. The number of aromatic nitrogens is 2. The summed E-state index contributed by atoms with van der Waals surface area (Å²) in [5.74, 6) is -0.390. The monoisotopic (exact) mass is 164 g/mol. The summed E-state index contributed by atoms with van der Waals surface area (Å²) in [5.41, 5.74) is 0.767. The second kappa shape index (κ2) is 4.23. The molecule has 1 heterocycles. The van der Waals surface area contributed by atoms with E-state index in [4.69, 9.17) is 0 Å². The van der Waals surface area contributed by atoms with E-state index in [0.29, 0.717) is 0 Å². The van der Waals surface area contributed by atoms with Gasteiger partial charge in [0.25, 0.3) is 0 Å². The largest absolute Gasteiger partial charge is 0.466 e. The maximum absolute atomic E-state index is 10.6. The van der Waals surface area contributed by atoms with E-state index < -0.39 is 0 Å². The van der Waals surface area contributed by atoms with Crippen molar-refractivity contribution in [3.63, 3.8) is 0 Å². The van der Waals surface area contributed by atoms with Crippen molar-refractivity contribution in [2.24, 2.45) is 0 Å². The van der Waals surface area contributed by atoms with E-state index in [1.165, 1.54) is 19.5 Å². The normalized spacial score (nSPS) is 10.1. The predicted octanol–water partition coefficient (Wildman–Crippen LogP) is 0.663. The standard InChI is InChI=1S/C8H8N2O2/c1-12-8(11)3-2-7-4-9-6-10-5-7/h2-6H,1H3/b3-2+. The summed E-state index contributed by atoms with van der Waals surface area (Å²) in [5, 5.41) is 0. The van der Waals surface area contributed by atoms with Crippen molar-refractivity contribution in [2.75, 3.05) is 7.11 Å². The van der Waals surface area contributed by atoms with Crippen LogP contribution in [0.15, 0.2) is 24.8 Å². The van der Waals surface area contributed by atoms with Gasteiger partial charge in [-0.3, -0.25) is 0 Å². The Balaban J connectivity index is 2.64. The molecule has 0 aromatic carbocycles. The number of methoxy groups -OCH3 is 1. The molecule has 0 saturated carbocycles. The number of esters is 1. The topological polar surface area (TPSA) is 52.1 Å². The maximum atomic E-state index is 10.6. The summed E-state index contributed by atoms with van der Waals surface area (Å²) < 4.78 is 4.41. The Kier molecular flexibility index (Phi) is 2.95. The van der Waals surface area contributed by atoms with Gasteiger partial charge in [0.2, 0.25) is 0 Å². The zero-order valence-corrected chi connectivity index (χ0v) is 6.60. The maximum Gasteiger partial charge on any atom is 0.330 e. The van der Waals surface area contributed by atoms with Crippen LogP contribution in [0.1, 0.15) is 5.56 Å². The lowest BCUT2D eigenvalue weighted by Crippen LogP contribution is -1.93. The van der Waals surface area contributed by atoms with Crippen molar-refractivity contribution in [3.8, 4) is 0 Å². The van der Waals surface area contributed by atoms with Crippen molar-refractivity contribution in [2.45, 2.75) is 0 Å². The van der Waals surface area contributed by atoms with Crippen molar-refractivity contribution < 1.29 is 9.53 Å². The zero-order chi connectivity index (χ0) is 8.81. The van der Waals surface area contributed by atoms with E-state index in [-0.39, 0.29) is 5.97 Å². The average Bonchev–Trinajstić information content (AvgIpc) is 2.16. The van der Waals surface area contributed by atoms with Crippen LogP contribution in [0.2, 0.25) is 0 Å². The van der Waals surface area contributed by atoms with Crippen LogP contribution in [0.25, 0.3) is 6.08 Å². The Morgan fingerprint density at radius 1 is 1.50 bits per heavy atom. The summed E-state index contributed by atoms with van der Waals surface area (Å²) in [6.07, 6.45) is 7.54. The average molecular weight is 164 g/mol. The number of hydrogen-bond acceptors (Lipinski definition) is 4. The van der Waals surface area contributed by atoms with Crippen molar-refractivity contribution in [1.29, 1.82) is 0 Å². The molecule has 0 unspecified atom stereocenters. The predicted molar refractivity (Wildman–Crippen MR) is 43.1 cm³/mol. The second-order valence-corrected chi connectivity index (χ2v) is 2.03. The van der Waals surface area contributed by atoms with Crippen LogP contribution in [-0.2, 0) is 9.53 Å². The van der Waals surface area contributed by atoms with Gasteiger partial charge in [0, 0.05) is 24.0 Å². The molecule has 0 bridgehead atoms. The molecule has 1 rings (SSSR count). The van der Waals surface area contributed by atoms with Gasteiger partial charge in [-0.05, 0) is 6.08 Å². The van der Waals surface area contributed by atoms with Gasteiger partial charge >= 0.3 is 5.97 Å². The molecule has 0 saturated heterocycles. The molecule has 62 valence electrons. The number of carbonyl (C=O) groups is 1. The number of rotatable bonds is 2. The fourth-order valence-electron chi connectivity index (χ4n) is 0.629. The van der Waals surface area contributed by atoms with Crippen LogP contribution in [0.5, 0.6) is 0 Å². The molecular weight excluding hydrogens is 156 g/mol. The number of ether oxygens (including phenoxy) is 1. The van der Waals surface area contributed by atoms with E-state index in [9.17, 15) is 4.79 Å². The van der Waals surface area contributed by atoms with E-state index in [1.807, 2.05) is 0 Å². The molecule has 0 amide bonds. The summed E-state index contributed by atoms with van der Waals surface area (Å²) in [6.45, 7) is 0. The minimum Gasteiger partial charge on any atom is -0.466 e. The number of nitrogens with zero attached hydrogens (tertiary/aromatic N) is 2. The quantitative estimate of drug-likeness (QED) is 0.476. The van der Waals surface area contributed by atoms with E-state index >= 15 is 0 Å². The third-order valence-corrected chi connectivity index (χ3v) is 1.19. The molecule has 4 nitrogen and oxygen atoms in total. The molecule has 1 aromatic heterocycles. The van der Waals surface area contributed by atoms with Crippen molar-refractivity contribution in [3.05, 3.63) is 30.4 Å². The van der Waals surface area contributed by atoms with Crippen LogP contribution in [0.4, 0.5) is 0 Å². The molecular formula is C8H8N2O2. The highest BCUT2D eigenvalue weighted by molar-refractivity contribution is 5.86. The molecule has 0 aliphatic rings. The highest BCUT2D eigenvalue weighted by Gasteiger charge is 1.90. The van der Waals surface area contributed by atoms with Gasteiger partial charge in [0.1, 0.15) is 6.33 Å². The van der Waals surface area contributed by atoms with Crippen molar-refractivity contribution in [1.82, 2.24) is 9.97 Å². The van der Waals surface area contributed by atoms with Gasteiger partial charge in [0.15, 0.2) is 0 Å². The molecule has 0 aliphatic heterocycles. The Morgan fingerprint density at radius 3 is 2.75 bits per heavy atom. The molecule has 0 spiro atoms. The summed E-state index contributed by atoms with van der Waals surface area (Å²) in [6, 6.07) is 0. The first-order valence-corrected chi connectivity index (χ1v) is 3.34. The minimum atomic E-state index is -0.390. The molecule has 0 atom stereocenters. The Hall–Kier alpha value is -1.71. The first-order valence-electron chi connectivity index (χ1n) is 3.34. The SMILES string of the molecule is COC(=O)/C=C/c1cncnc1. The molecule has 12 heavy (non-hydrogen) atoms. The van der Waals surface area contributed by atoms with E-state index in [2.05, 4.69) is 14.7 Å².